The van der Waals surface area contributed by atoms with Crippen LogP contribution in [0.3, 0.4) is 0 Å². The molecule has 228 valence electrons. The molecule has 0 radical (unpaired) electrons. The van der Waals surface area contributed by atoms with Crippen molar-refractivity contribution in [3.05, 3.63) is 73.2 Å². The Labute approximate surface area is 243 Å². The fourth-order valence-electron chi connectivity index (χ4n) is 4.13. The van der Waals surface area contributed by atoms with Gasteiger partial charge in [-0.1, -0.05) is 47.8 Å². The summed E-state index contributed by atoms with van der Waals surface area (Å²) in [6, 6.07) is 2.31. The van der Waals surface area contributed by atoms with Crippen molar-refractivity contribution in [1.82, 2.24) is 0 Å². The van der Waals surface area contributed by atoms with Gasteiger partial charge in [-0.05, 0) is 41.3 Å². The second kappa shape index (κ2) is 12.2. The van der Waals surface area contributed by atoms with Gasteiger partial charge in [-0.25, -0.2) is 21.6 Å². The molecule has 0 fully saturated rings. The van der Waals surface area contributed by atoms with Crippen molar-refractivity contribution < 1.29 is 52.7 Å². The Hall–Kier alpha value is -2.16. The third kappa shape index (κ3) is 8.91. The number of sulfone groups is 1. The summed E-state index contributed by atoms with van der Waals surface area (Å²) < 4.78 is 152. The molecule has 0 spiro atoms. The fourth-order valence-corrected chi connectivity index (χ4v) is 6.56. The standard InChI is InChI=1S/C24H19Cl3F9NO3S/c1-10(8-41(39,40)9-22(2,29)30)18-12(3-4-13(21(37)38)19(18)24(34,35)36)17(28)7-14(23(31,32)33)11-5-15(25)20(27)16(26)6-11/h3-7,10,14H,8-9H2,1-2H3,(H2,37,38)/b17-7-/t10-,14?/m0/s1. The SMILES string of the molecule is C[C@@H](CS(=O)(=O)CC(C)(F)F)c1c(/C(F)=C/C(c2cc(Cl)c(Cl)c(Cl)c2)C(F)(F)F)ccc(C(N)=O)c1C(F)(F)F. The maximum Gasteiger partial charge on any atom is 0.417 e. The van der Waals surface area contributed by atoms with E-state index in [1.165, 1.54) is 0 Å². The molecule has 0 aromatic heterocycles. The first-order valence-electron chi connectivity index (χ1n) is 11.1. The average molecular weight is 679 g/mol. The lowest BCUT2D eigenvalue weighted by molar-refractivity contribution is -0.140. The van der Waals surface area contributed by atoms with Gasteiger partial charge in [0.2, 0.25) is 5.91 Å². The van der Waals surface area contributed by atoms with Crippen LogP contribution in [0.2, 0.25) is 15.1 Å². The highest BCUT2D eigenvalue weighted by molar-refractivity contribution is 7.91. The normalized spacial score (nSPS) is 15.1. The highest BCUT2D eigenvalue weighted by Gasteiger charge is 2.43. The molecular formula is C24H19Cl3F9NO3S. The fraction of sp³-hybridized carbons (Fsp3) is 0.375. The Bertz CT molecular complexity index is 1440. The van der Waals surface area contributed by atoms with Crippen LogP contribution in [-0.4, -0.2) is 37.9 Å². The van der Waals surface area contributed by atoms with Gasteiger partial charge in [-0.15, -0.1) is 0 Å². The van der Waals surface area contributed by atoms with Crippen LogP contribution in [0.5, 0.6) is 0 Å². The minimum Gasteiger partial charge on any atom is -0.366 e. The lowest BCUT2D eigenvalue weighted by atomic mass is 9.86. The molecule has 2 atom stereocenters. The average Bonchev–Trinajstić information content (AvgIpc) is 2.76. The number of rotatable bonds is 9. The zero-order valence-corrected chi connectivity index (χ0v) is 23.8. The van der Waals surface area contributed by atoms with Gasteiger partial charge in [-0.3, -0.25) is 4.79 Å². The molecule has 17 heteroatoms. The van der Waals surface area contributed by atoms with Crippen molar-refractivity contribution in [2.24, 2.45) is 5.73 Å². The Balaban J connectivity index is 2.90. The molecule has 0 saturated heterocycles. The number of hydrogen-bond acceptors (Lipinski definition) is 3. The lowest BCUT2D eigenvalue weighted by Gasteiger charge is -2.25. The first-order chi connectivity index (χ1) is 18.4. The minimum atomic E-state index is -5.51. The number of carbonyl (C=O) groups is 1. The lowest BCUT2D eigenvalue weighted by Crippen LogP contribution is -2.29. The van der Waals surface area contributed by atoms with Gasteiger partial charge < -0.3 is 5.73 Å². The number of carbonyl (C=O) groups excluding carboxylic acids is 1. The van der Waals surface area contributed by atoms with Crippen LogP contribution in [0.15, 0.2) is 30.3 Å². The third-order valence-electron chi connectivity index (χ3n) is 5.55. The highest BCUT2D eigenvalue weighted by atomic mass is 35.5. The van der Waals surface area contributed by atoms with Crippen molar-refractivity contribution in [2.75, 3.05) is 11.5 Å². The van der Waals surface area contributed by atoms with Crippen LogP contribution in [-0.2, 0) is 16.0 Å². The maximum absolute atomic E-state index is 15.6. The van der Waals surface area contributed by atoms with E-state index in [4.69, 9.17) is 40.5 Å². The van der Waals surface area contributed by atoms with E-state index in [-0.39, 0.29) is 18.0 Å². The number of halogens is 12. The van der Waals surface area contributed by atoms with E-state index in [0.29, 0.717) is 24.3 Å². The molecule has 2 aromatic rings. The van der Waals surface area contributed by atoms with Crippen LogP contribution in [0.4, 0.5) is 39.5 Å². The van der Waals surface area contributed by atoms with Crippen LogP contribution in [0.25, 0.3) is 5.83 Å². The topological polar surface area (TPSA) is 77.2 Å². The monoisotopic (exact) mass is 677 g/mol. The summed E-state index contributed by atoms with van der Waals surface area (Å²) in [5, 5.41) is -1.22. The zero-order chi connectivity index (χ0) is 31.9. The van der Waals surface area contributed by atoms with Crippen LogP contribution >= 0.6 is 34.8 Å². The number of hydrogen-bond donors (Lipinski definition) is 1. The Morgan fingerprint density at radius 1 is 0.976 bits per heavy atom. The molecule has 0 heterocycles. The maximum atomic E-state index is 15.6. The minimum absolute atomic E-state index is 0.111. The molecule has 2 aromatic carbocycles. The van der Waals surface area contributed by atoms with Crippen molar-refractivity contribution >= 4 is 56.4 Å². The number of amides is 1. The molecule has 2 N–H and O–H groups in total. The summed E-state index contributed by atoms with van der Waals surface area (Å²) in [7, 11) is -4.82. The highest BCUT2D eigenvalue weighted by Crippen LogP contribution is 2.45. The van der Waals surface area contributed by atoms with Crippen LogP contribution in [0.1, 0.15) is 58.3 Å². The zero-order valence-electron chi connectivity index (χ0n) is 20.7. The third-order valence-corrected chi connectivity index (χ3v) is 8.70. The van der Waals surface area contributed by atoms with Gasteiger partial charge in [0.1, 0.15) is 17.5 Å². The van der Waals surface area contributed by atoms with Gasteiger partial charge >= 0.3 is 12.4 Å². The molecule has 1 unspecified atom stereocenters. The smallest absolute Gasteiger partial charge is 0.366 e. The van der Waals surface area contributed by atoms with Crippen molar-refractivity contribution in [1.29, 1.82) is 0 Å². The first-order valence-corrected chi connectivity index (χ1v) is 14.0. The number of alkyl halides is 8. The molecule has 0 aliphatic rings. The van der Waals surface area contributed by atoms with E-state index >= 15 is 4.39 Å². The summed E-state index contributed by atoms with van der Waals surface area (Å²) in [4.78, 5) is 11.8. The molecule has 4 nitrogen and oxygen atoms in total. The molecule has 0 aliphatic heterocycles. The summed E-state index contributed by atoms with van der Waals surface area (Å²) in [5.41, 5.74) is -1.38. The number of allylic oxidation sites excluding steroid dienone is 1. The van der Waals surface area contributed by atoms with Gasteiger partial charge in [-0.2, -0.15) is 26.3 Å². The summed E-state index contributed by atoms with van der Waals surface area (Å²) >= 11 is 17.3. The molecule has 2 rings (SSSR count). The van der Waals surface area contributed by atoms with Crippen molar-refractivity contribution in [3.8, 4) is 0 Å². The van der Waals surface area contributed by atoms with E-state index in [2.05, 4.69) is 0 Å². The van der Waals surface area contributed by atoms with Gasteiger partial charge in [0.05, 0.1) is 31.9 Å². The summed E-state index contributed by atoms with van der Waals surface area (Å²) in [6.45, 7) is 1.03. The van der Waals surface area contributed by atoms with E-state index in [0.717, 1.165) is 6.92 Å². The molecule has 41 heavy (non-hydrogen) atoms. The quantitative estimate of drug-likeness (QED) is 0.213. The Morgan fingerprint density at radius 3 is 1.88 bits per heavy atom. The second-order valence-electron chi connectivity index (χ2n) is 9.17. The van der Waals surface area contributed by atoms with E-state index < -0.39 is 101 Å². The summed E-state index contributed by atoms with van der Waals surface area (Å²) in [6.07, 6.45) is -10.9. The predicted molar refractivity (Wildman–Crippen MR) is 137 cm³/mol. The number of primary amides is 1. The van der Waals surface area contributed by atoms with E-state index in [1.54, 1.807) is 0 Å². The second-order valence-corrected chi connectivity index (χ2v) is 12.5. The largest absolute Gasteiger partial charge is 0.417 e. The molecular weight excluding hydrogens is 660 g/mol. The molecule has 0 aliphatic carbocycles. The van der Waals surface area contributed by atoms with E-state index in [9.17, 15) is 48.3 Å². The van der Waals surface area contributed by atoms with E-state index in [1.807, 2.05) is 0 Å². The molecule has 0 saturated carbocycles. The van der Waals surface area contributed by atoms with Crippen LogP contribution in [0, 0.1) is 0 Å². The van der Waals surface area contributed by atoms with Crippen LogP contribution < -0.4 is 5.73 Å². The van der Waals surface area contributed by atoms with Gasteiger partial charge in [0.15, 0.2) is 9.84 Å². The molecule has 0 bridgehead atoms. The number of benzene rings is 2. The number of nitrogens with two attached hydrogens (primary N) is 1. The van der Waals surface area contributed by atoms with Gasteiger partial charge in [0.25, 0.3) is 5.92 Å². The van der Waals surface area contributed by atoms with Crippen molar-refractivity contribution in [2.45, 2.75) is 44.0 Å². The molecule has 1 amide bonds. The van der Waals surface area contributed by atoms with Crippen molar-refractivity contribution in [3.63, 3.8) is 0 Å². The predicted octanol–water partition coefficient (Wildman–Crippen LogP) is 8.59. The Kier molecular flexibility index (Phi) is 10.4. The summed E-state index contributed by atoms with van der Waals surface area (Å²) in [5.74, 6) is -15.4. The Morgan fingerprint density at radius 2 is 1.46 bits per heavy atom. The van der Waals surface area contributed by atoms with Gasteiger partial charge in [0, 0.05) is 12.5 Å². The first kappa shape index (κ1) is 35.0.